The number of carbonyl (C=O) groups is 2. The van der Waals surface area contributed by atoms with Crippen molar-refractivity contribution in [3.63, 3.8) is 0 Å². The quantitative estimate of drug-likeness (QED) is 0.752. The number of anilines is 1. The number of amides is 2. The first-order valence-corrected chi connectivity index (χ1v) is 10.5. The number of carbonyl (C=O) groups excluding carboxylic acids is 2. The van der Waals surface area contributed by atoms with Crippen LogP contribution in [0.5, 0.6) is 0 Å². The maximum Gasteiger partial charge on any atom is 0.248 e. The minimum absolute atomic E-state index is 0.0653. The van der Waals surface area contributed by atoms with Crippen molar-refractivity contribution < 1.29 is 14.3 Å². The van der Waals surface area contributed by atoms with Crippen molar-refractivity contribution in [2.45, 2.75) is 39.2 Å². The summed E-state index contributed by atoms with van der Waals surface area (Å²) in [6, 6.07) is 10.4. The molecule has 0 atom stereocenters. The Morgan fingerprint density at radius 1 is 0.929 bits per heavy atom. The van der Waals surface area contributed by atoms with Gasteiger partial charge in [0.05, 0.1) is 6.10 Å². The molecule has 0 saturated carbocycles. The van der Waals surface area contributed by atoms with Crippen LogP contribution in [-0.4, -0.2) is 73.6 Å². The predicted octanol–water partition coefficient (Wildman–Crippen LogP) is 2.39. The van der Waals surface area contributed by atoms with Gasteiger partial charge in [0.15, 0.2) is 0 Å². The van der Waals surface area contributed by atoms with Gasteiger partial charge < -0.3 is 19.4 Å². The van der Waals surface area contributed by atoms with Gasteiger partial charge in [0.1, 0.15) is 6.61 Å². The van der Waals surface area contributed by atoms with Crippen LogP contribution >= 0.6 is 0 Å². The lowest BCUT2D eigenvalue weighted by molar-refractivity contribution is -0.139. The fourth-order valence-electron chi connectivity index (χ4n) is 3.94. The number of piperazine rings is 1. The average Bonchev–Trinajstić information content (AvgIpc) is 2.73. The fourth-order valence-corrected chi connectivity index (χ4v) is 3.94. The summed E-state index contributed by atoms with van der Waals surface area (Å²) in [6.45, 7) is 8.86. The maximum absolute atomic E-state index is 12.7. The number of para-hydroxylation sites is 1. The van der Waals surface area contributed by atoms with Gasteiger partial charge in [-0.3, -0.25) is 9.59 Å². The molecule has 0 N–H and O–H groups in total. The Kier molecular flexibility index (Phi) is 7.31. The number of nitrogens with zero attached hydrogens (tertiary/aromatic N) is 3. The first kappa shape index (κ1) is 20.6. The molecule has 0 spiro atoms. The Hall–Kier alpha value is -2.08. The molecule has 28 heavy (non-hydrogen) atoms. The van der Waals surface area contributed by atoms with Gasteiger partial charge in [0.2, 0.25) is 11.8 Å². The summed E-state index contributed by atoms with van der Waals surface area (Å²) in [6.07, 6.45) is 2.49. The van der Waals surface area contributed by atoms with E-state index in [1.165, 1.54) is 5.69 Å². The highest BCUT2D eigenvalue weighted by molar-refractivity contribution is 5.78. The predicted molar refractivity (Wildman–Crippen MR) is 110 cm³/mol. The van der Waals surface area contributed by atoms with Gasteiger partial charge >= 0.3 is 0 Å². The van der Waals surface area contributed by atoms with E-state index < -0.39 is 0 Å². The van der Waals surface area contributed by atoms with Crippen molar-refractivity contribution in [1.29, 1.82) is 0 Å². The second-order valence-corrected chi connectivity index (χ2v) is 8.09. The fraction of sp³-hybridized carbons (Fsp3) is 0.636. The van der Waals surface area contributed by atoms with Crippen molar-refractivity contribution >= 4 is 17.5 Å². The smallest absolute Gasteiger partial charge is 0.248 e. The molecule has 0 aromatic heterocycles. The van der Waals surface area contributed by atoms with E-state index in [1.54, 1.807) is 0 Å². The van der Waals surface area contributed by atoms with E-state index >= 15 is 0 Å². The molecule has 6 nitrogen and oxygen atoms in total. The monoisotopic (exact) mass is 387 g/mol. The molecular weight excluding hydrogens is 354 g/mol. The Balaban J connectivity index is 1.38. The van der Waals surface area contributed by atoms with E-state index in [9.17, 15) is 9.59 Å². The lowest BCUT2D eigenvalue weighted by Gasteiger charge is -2.37. The molecule has 2 aliphatic rings. The third-order valence-electron chi connectivity index (χ3n) is 5.72. The number of benzene rings is 1. The zero-order chi connectivity index (χ0) is 19.9. The molecule has 2 fully saturated rings. The molecular formula is C22H33N3O3. The molecule has 1 aromatic carbocycles. The van der Waals surface area contributed by atoms with E-state index in [-0.39, 0.29) is 24.5 Å². The number of likely N-dealkylation sites (tertiary alicyclic amines) is 1. The summed E-state index contributed by atoms with van der Waals surface area (Å²) in [4.78, 5) is 31.1. The molecule has 0 radical (unpaired) electrons. The van der Waals surface area contributed by atoms with Crippen LogP contribution in [0.4, 0.5) is 5.69 Å². The molecule has 2 amide bonds. The highest BCUT2D eigenvalue weighted by Crippen LogP contribution is 2.23. The summed E-state index contributed by atoms with van der Waals surface area (Å²) in [5.74, 6) is 0.714. The number of hydrogen-bond donors (Lipinski definition) is 0. The molecule has 2 aliphatic heterocycles. The van der Waals surface area contributed by atoms with Crippen LogP contribution in [-0.2, 0) is 14.3 Å². The van der Waals surface area contributed by atoms with Gasteiger partial charge in [-0.2, -0.15) is 0 Å². The molecule has 3 rings (SSSR count). The molecule has 0 bridgehead atoms. The number of ether oxygens (including phenoxy) is 1. The van der Waals surface area contributed by atoms with Gasteiger partial charge in [-0.15, -0.1) is 0 Å². The number of hydrogen-bond acceptors (Lipinski definition) is 4. The van der Waals surface area contributed by atoms with Gasteiger partial charge in [-0.1, -0.05) is 18.2 Å². The standard InChI is InChI=1S/C22H33N3O3/c1-18(2)28-17-22(27)24-10-8-19(9-11-24)16-21(26)25-14-12-23(13-15-25)20-6-4-3-5-7-20/h3-7,18-19H,8-17H2,1-2H3. The van der Waals surface area contributed by atoms with Crippen LogP contribution in [0.2, 0.25) is 0 Å². The largest absolute Gasteiger partial charge is 0.369 e. The maximum atomic E-state index is 12.7. The van der Waals surface area contributed by atoms with Crippen LogP contribution in [0.25, 0.3) is 0 Å². The van der Waals surface area contributed by atoms with Crippen LogP contribution < -0.4 is 4.90 Å². The van der Waals surface area contributed by atoms with Crippen LogP contribution in [0, 0.1) is 5.92 Å². The summed E-state index contributed by atoms with van der Waals surface area (Å²) in [5.41, 5.74) is 1.23. The molecule has 154 valence electrons. The Bertz CT molecular complexity index is 634. The topological polar surface area (TPSA) is 53.1 Å². The lowest BCUT2D eigenvalue weighted by atomic mass is 9.93. The van der Waals surface area contributed by atoms with Crippen LogP contribution in [0.15, 0.2) is 30.3 Å². The minimum atomic E-state index is 0.0653. The summed E-state index contributed by atoms with van der Waals surface area (Å²) in [5, 5.41) is 0. The molecule has 6 heteroatoms. The summed E-state index contributed by atoms with van der Waals surface area (Å²) in [7, 11) is 0. The van der Waals surface area contributed by atoms with Crippen molar-refractivity contribution in [1.82, 2.24) is 9.80 Å². The van der Waals surface area contributed by atoms with E-state index in [4.69, 9.17) is 4.74 Å². The minimum Gasteiger partial charge on any atom is -0.369 e. The van der Waals surface area contributed by atoms with E-state index in [0.29, 0.717) is 12.3 Å². The van der Waals surface area contributed by atoms with Gasteiger partial charge in [-0.05, 0) is 44.7 Å². The van der Waals surface area contributed by atoms with Crippen molar-refractivity contribution in [3.05, 3.63) is 30.3 Å². The second kappa shape index (κ2) is 9.92. The Labute approximate surface area is 168 Å². The van der Waals surface area contributed by atoms with Gasteiger partial charge in [-0.25, -0.2) is 0 Å². The highest BCUT2D eigenvalue weighted by atomic mass is 16.5. The van der Waals surface area contributed by atoms with E-state index in [1.807, 2.05) is 29.7 Å². The summed E-state index contributed by atoms with van der Waals surface area (Å²) >= 11 is 0. The molecule has 0 aliphatic carbocycles. The molecule has 0 unspecified atom stereocenters. The van der Waals surface area contributed by atoms with Gasteiger partial charge in [0, 0.05) is 51.4 Å². The number of piperidine rings is 1. The van der Waals surface area contributed by atoms with Crippen molar-refractivity contribution in [2.75, 3.05) is 50.8 Å². The molecule has 1 aromatic rings. The third kappa shape index (κ3) is 5.71. The van der Waals surface area contributed by atoms with E-state index in [0.717, 1.165) is 52.1 Å². The van der Waals surface area contributed by atoms with Gasteiger partial charge in [0.25, 0.3) is 0 Å². The Morgan fingerprint density at radius 3 is 2.14 bits per heavy atom. The highest BCUT2D eigenvalue weighted by Gasteiger charge is 2.27. The second-order valence-electron chi connectivity index (χ2n) is 8.09. The Morgan fingerprint density at radius 2 is 1.54 bits per heavy atom. The zero-order valence-electron chi connectivity index (χ0n) is 17.2. The summed E-state index contributed by atoms with van der Waals surface area (Å²) < 4.78 is 5.41. The zero-order valence-corrected chi connectivity index (χ0v) is 17.2. The molecule has 2 saturated heterocycles. The average molecular weight is 388 g/mol. The number of rotatable bonds is 6. The normalized spacial score (nSPS) is 18.6. The van der Waals surface area contributed by atoms with Crippen molar-refractivity contribution in [3.8, 4) is 0 Å². The van der Waals surface area contributed by atoms with E-state index in [2.05, 4.69) is 29.2 Å². The molecule has 2 heterocycles. The van der Waals surface area contributed by atoms with Crippen molar-refractivity contribution in [2.24, 2.45) is 5.92 Å². The van der Waals surface area contributed by atoms with Crippen LogP contribution in [0.3, 0.4) is 0 Å². The first-order chi connectivity index (χ1) is 13.5. The first-order valence-electron chi connectivity index (χ1n) is 10.5. The SMILES string of the molecule is CC(C)OCC(=O)N1CCC(CC(=O)N2CCN(c3ccccc3)CC2)CC1. The third-order valence-corrected chi connectivity index (χ3v) is 5.72. The van der Waals surface area contributed by atoms with Crippen LogP contribution in [0.1, 0.15) is 33.1 Å². The lowest BCUT2D eigenvalue weighted by Crippen LogP contribution is -2.49.